The van der Waals surface area contributed by atoms with E-state index in [1.54, 1.807) is 45.6 Å². The number of imidazole rings is 2. The quantitative estimate of drug-likeness (QED) is 0.0183. The van der Waals surface area contributed by atoms with E-state index in [9.17, 15) is 23.2 Å². The zero-order chi connectivity index (χ0) is 81.2. The number of alkyl halides is 3. The van der Waals surface area contributed by atoms with Gasteiger partial charge in [0, 0.05) is 207 Å². The smallest absolute Gasteiger partial charge is 0.306 e. The molecule has 7 aromatic rings. The minimum atomic E-state index is -0.862. The molecule has 9 rings (SSSR count). The van der Waals surface area contributed by atoms with Crippen molar-refractivity contribution in [3.05, 3.63) is 132 Å². The number of amides is 2. The van der Waals surface area contributed by atoms with Crippen LogP contribution in [0.5, 0.6) is 0 Å². The fraction of sp³-hybridized carbons (Fsp3) is 0.289. The van der Waals surface area contributed by atoms with Crippen LogP contribution >= 0.6 is 22.6 Å². The minimum absolute atomic E-state index is 0. The van der Waals surface area contributed by atoms with E-state index >= 15 is 0 Å². The van der Waals surface area contributed by atoms with Crippen molar-refractivity contribution < 1.29 is 204 Å². The number of carboxylic acid groups (broad SMARTS) is 1. The predicted octanol–water partition coefficient (Wildman–Crippen LogP) is 24.4. The maximum absolute atomic E-state index is 13.1. The lowest BCUT2D eigenvalue weighted by molar-refractivity contribution is -0.146. The van der Waals surface area contributed by atoms with Crippen molar-refractivity contribution >= 4 is 68.9 Å². The van der Waals surface area contributed by atoms with Crippen molar-refractivity contribution in [2.24, 2.45) is 16.8 Å². The van der Waals surface area contributed by atoms with Crippen LogP contribution in [-0.4, -0.2) is 80.1 Å². The Balaban J connectivity index is -0.0000000706. The van der Waals surface area contributed by atoms with Crippen molar-refractivity contribution in [3.63, 3.8) is 0 Å². The summed E-state index contributed by atoms with van der Waals surface area (Å²) in [5.41, 5.74) is 12.1. The second-order valence-corrected chi connectivity index (χ2v) is 14.4. The van der Waals surface area contributed by atoms with Gasteiger partial charge in [-0.25, -0.2) is 18.7 Å². The summed E-state index contributed by atoms with van der Waals surface area (Å²) in [5, 5.41) is 29.7. The highest BCUT2D eigenvalue weighted by atomic mass is 127. The number of carbonyl (C=O) groups is 3. The van der Waals surface area contributed by atoms with Gasteiger partial charge in [0.2, 0.25) is 11.7 Å². The number of halogens is 39. The number of anilines is 2. The molecule has 5 heterocycles. The number of nitrogens with one attached hydrogen (secondary N) is 2. The van der Waals surface area contributed by atoms with Gasteiger partial charge in [-0.1, -0.05) is 84.2 Å². The molecule has 2 aromatic carbocycles. The third-order valence-corrected chi connectivity index (χ3v) is 10.2. The number of hydrogen-bond donors (Lipinski definition) is 5. The first-order valence-electron chi connectivity index (χ1n) is 22.4. The van der Waals surface area contributed by atoms with Crippen LogP contribution in [0.1, 0.15) is 91.4 Å². The summed E-state index contributed by atoms with van der Waals surface area (Å²) in [5.74, 6) is -0.951. The normalized spacial score (nSPS) is 12.2. The third kappa shape index (κ3) is 51.0. The number of aliphatic carboxylic acids is 1. The Hall–Kier alpha value is -9.29. The van der Waals surface area contributed by atoms with Crippen molar-refractivity contribution in [2.75, 3.05) is 15.5 Å². The number of oxime groups is 1. The molecule has 2 saturated carbocycles. The van der Waals surface area contributed by atoms with Gasteiger partial charge in [-0.05, 0) is 92.0 Å². The van der Waals surface area contributed by atoms with E-state index in [0.717, 1.165) is 16.7 Å². The third-order valence-electron chi connectivity index (χ3n) is 10.2. The van der Waals surface area contributed by atoms with E-state index in [0.29, 0.717) is 69.1 Å². The van der Waals surface area contributed by atoms with E-state index < -0.39 is 24.2 Å². The molecule has 2 fully saturated rings. The minimum Gasteiger partial charge on any atom is -0.481 e. The van der Waals surface area contributed by atoms with Crippen LogP contribution in [-0.2, 0) is 4.79 Å². The summed E-state index contributed by atoms with van der Waals surface area (Å²) in [6.07, 6.45) is 6.30. The molecule has 2 aliphatic carbocycles. The van der Waals surface area contributed by atoms with E-state index in [2.05, 4.69) is 35.9 Å². The zero-order valence-electron chi connectivity index (χ0n) is 48.1. The van der Waals surface area contributed by atoms with Crippen LogP contribution in [0.25, 0.3) is 22.7 Å². The fourth-order valence-electron chi connectivity index (χ4n) is 6.46. The highest BCUT2D eigenvalue weighted by Crippen LogP contribution is 2.38. The molecule has 0 radical (unpaired) electrons. The van der Waals surface area contributed by atoms with E-state index in [1.165, 1.54) is 6.20 Å². The van der Waals surface area contributed by atoms with Crippen molar-refractivity contribution in [1.82, 2.24) is 28.9 Å². The first-order chi connectivity index (χ1) is 48.3. The first-order valence-corrected chi connectivity index (χ1v) is 23.3. The lowest BCUT2D eigenvalue weighted by atomic mass is 9.83. The highest BCUT2D eigenvalue weighted by molar-refractivity contribution is 14.1. The number of rotatable bonds is 8. The molecule has 5 aromatic heterocycles. The lowest BCUT2D eigenvalue weighted by Gasteiger charge is -2.25. The number of amidine groups is 1. The number of aryl methyl sites for hydroxylation is 2. The second-order valence-electron chi connectivity index (χ2n) is 14.4. The Morgan fingerprint density at radius 1 is 0.550 bits per heavy atom. The molecule has 6 N–H and O–H groups in total. The molecule has 16 nitrogen and oxygen atoms in total. The van der Waals surface area contributed by atoms with Crippen molar-refractivity contribution in [1.29, 1.82) is 0 Å². The van der Waals surface area contributed by atoms with E-state index in [-0.39, 0.29) is 51.3 Å². The maximum atomic E-state index is 13.1. The number of carboxylic acids is 1. The maximum Gasteiger partial charge on any atom is 0.306 e. The van der Waals surface area contributed by atoms with Gasteiger partial charge in [0.15, 0.2) is 5.84 Å². The van der Waals surface area contributed by atoms with Crippen LogP contribution in [0.15, 0.2) is 107 Å². The molecule has 590 valence electrons. The molecule has 0 atom stereocenters. The number of aromatic nitrogens is 6. The molecule has 0 aliphatic heterocycles. The SMILES string of the molecule is C.C.Cc1ccc(-c2noc(C3CC(F)C3)n2)cc1NC(=O)c1cnc2ccccn12.Cc1ccc(/C(N)=N/O)cc1NC(=O)c1cnc2ccccn12.FF.FF.FF.FF.FF.FF.FF.FF.FF.FF.FF.FF.FF.FF.FF.FF.FF.FF.O=C(O)C1CC(F)C1.[2H]CI. The summed E-state index contributed by atoms with van der Waals surface area (Å²) in [7, 11) is 0. The van der Waals surface area contributed by atoms with Gasteiger partial charge in [0.05, 0.1) is 18.3 Å². The van der Waals surface area contributed by atoms with Crippen LogP contribution < -0.4 is 16.4 Å². The number of benzene rings is 2. The Labute approximate surface area is 549 Å². The number of carbonyl (C=O) groups excluding carboxylic acids is 2. The van der Waals surface area contributed by atoms with Gasteiger partial charge in [-0.3, -0.25) is 23.2 Å². The number of nitrogens with two attached hydrogens (primary N) is 1. The molecular weight excluding hydrogens is 1630 g/mol. The van der Waals surface area contributed by atoms with Gasteiger partial charge >= 0.3 is 5.97 Å². The van der Waals surface area contributed by atoms with Crippen molar-refractivity contribution in [3.8, 4) is 11.4 Å². The van der Waals surface area contributed by atoms with Gasteiger partial charge in [-0.2, -0.15) is 4.98 Å². The molecule has 0 unspecified atom stereocenters. The summed E-state index contributed by atoms with van der Waals surface area (Å²) in [6.45, 7) is 3.77. The predicted molar refractivity (Wildman–Crippen MR) is 290 cm³/mol. The Morgan fingerprint density at radius 3 is 1.19 bits per heavy atom. The van der Waals surface area contributed by atoms with Crippen LogP contribution in [0.2, 0.25) is 0 Å². The monoisotopic (exact) mass is 1680 g/mol. The highest BCUT2D eigenvalue weighted by Gasteiger charge is 2.35. The van der Waals surface area contributed by atoms with Crippen molar-refractivity contribution in [2.45, 2.75) is 72.6 Å². The number of nitrogens with zero attached hydrogens (tertiary/aromatic N) is 7. The molecule has 100 heavy (non-hydrogen) atoms. The van der Waals surface area contributed by atoms with E-state index in [4.69, 9.17) is 187 Å². The fourth-order valence-corrected chi connectivity index (χ4v) is 6.46. The Kier molecular flexibility index (Phi) is 122. The molecule has 2 amide bonds. The number of pyridine rings is 2. The largest absolute Gasteiger partial charge is 0.481 e. The Bertz CT molecular complexity index is 2830. The van der Waals surface area contributed by atoms with Gasteiger partial charge in [0.1, 0.15) is 35.0 Å². The van der Waals surface area contributed by atoms with Gasteiger partial charge in [-0.15, -0.1) is 0 Å². The standard InChI is InChI=1S/C21H18FN5O2.C16H15N5O2.C5H7FO2.CH3I.2CH4.18F2/c1-12-5-6-13(19-25-21(29-26-19)14-8-15(22)9-14)10-16(12)24-20(28)17-11-23-18-4-2-3-7-27(17)18;1-10-5-6-11(15(17)20-23)8-12(10)19-16(22)13-9-18-14-4-2-3-7-21(13)14;6-4-1-3(2-4)5(7)8;1-2;;;18*1-2/h2-7,10-11,14-15H,8-9H2,1H3,(H,24,28);2-9,23H,1H3,(H2,17,20)(H,19,22);3-4H,1-2H2,(H,7,8);1H3;2*1H4;;;;;;;;;;;;;;;;;;/i;;;1D;;;;;;;;;;;;;;;;;;;;. The van der Waals surface area contributed by atoms with Crippen LogP contribution in [0.4, 0.5) is 185 Å². The van der Waals surface area contributed by atoms with Crippen LogP contribution in [0, 0.1) is 19.8 Å². The molecule has 55 heteroatoms. The van der Waals surface area contributed by atoms with Gasteiger partial charge < -0.3 is 31.2 Å². The Morgan fingerprint density at radius 2 is 0.880 bits per heavy atom. The molecule has 0 saturated heterocycles. The van der Waals surface area contributed by atoms with E-state index in [1.807, 2.05) is 91.0 Å². The molecule has 0 bridgehead atoms. The van der Waals surface area contributed by atoms with Crippen LogP contribution in [0.3, 0.4) is 0 Å². The molecular formula is C45H51F38IN10O6. The first kappa shape index (κ1) is 124. The molecule has 2 aliphatic rings. The lowest BCUT2D eigenvalue weighted by Crippen LogP contribution is -2.31. The summed E-state index contributed by atoms with van der Waals surface area (Å²) in [6, 6.07) is 21.8. The summed E-state index contributed by atoms with van der Waals surface area (Å²) in [4.78, 5) is 48.6. The van der Waals surface area contributed by atoms with Gasteiger partial charge in [0.25, 0.3) is 11.8 Å². The topological polar surface area (TPSA) is 228 Å². The average molecular weight is 1680 g/mol. The second kappa shape index (κ2) is 98.4. The zero-order valence-corrected chi connectivity index (χ0v) is 49.2. The summed E-state index contributed by atoms with van der Waals surface area (Å²) >= 11 is 1.96. The summed E-state index contributed by atoms with van der Waals surface area (Å²) < 4.78 is 328. The molecule has 0 spiro atoms. The number of hydrogen-bond acceptors (Lipinski definition) is 10. The number of fused-ring (bicyclic) bond motifs is 2. The average Bonchev–Trinajstić information content (AvgIpc) is 1.71.